The number of hydrogen-bond donors (Lipinski definition) is 1. The van der Waals surface area contributed by atoms with Crippen LogP contribution in [0, 0.1) is 0 Å². The third-order valence-corrected chi connectivity index (χ3v) is 2.75. The quantitative estimate of drug-likeness (QED) is 0.791. The highest BCUT2D eigenvalue weighted by Crippen LogP contribution is 2.29. The Labute approximate surface area is 89.3 Å². The molecule has 1 aromatic rings. The van der Waals surface area contributed by atoms with Crippen LogP contribution in [0.25, 0.3) is 0 Å². The Morgan fingerprint density at radius 3 is 2.87 bits per heavy atom. The Bertz CT molecular complexity index is 332. The highest BCUT2D eigenvalue weighted by molar-refractivity contribution is 5.15. The number of aliphatic hydroxyl groups excluding tert-OH is 1. The molecule has 0 bridgehead atoms. The van der Waals surface area contributed by atoms with Crippen LogP contribution in [0.3, 0.4) is 0 Å². The van der Waals surface area contributed by atoms with Crippen LogP contribution < -0.4 is 0 Å². The molecule has 4 heteroatoms. The van der Waals surface area contributed by atoms with Crippen molar-refractivity contribution in [3.05, 3.63) is 23.8 Å². The summed E-state index contributed by atoms with van der Waals surface area (Å²) in [5, 5.41) is 9.35. The molecule has 0 saturated carbocycles. The van der Waals surface area contributed by atoms with Crippen LogP contribution in [0.1, 0.15) is 24.9 Å². The molecule has 4 nitrogen and oxygen atoms in total. The van der Waals surface area contributed by atoms with Crippen molar-refractivity contribution >= 4 is 0 Å². The summed E-state index contributed by atoms with van der Waals surface area (Å²) in [5.74, 6) is 0.724. The molecule has 1 N–H and O–H groups in total. The Hall–Kier alpha value is -1.00. The van der Waals surface area contributed by atoms with Crippen LogP contribution in [0.5, 0.6) is 0 Å². The van der Waals surface area contributed by atoms with E-state index in [-0.39, 0.29) is 12.0 Å². The first-order chi connectivity index (χ1) is 7.30. The molecule has 0 spiro atoms. The van der Waals surface area contributed by atoms with E-state index in [2.05, 4.69) is 16.9 Å². The average molecular weight is 208 g/mol. The highest BCUT2D eigenvalue weighted by atomic mass is 16.5. The van der Waals surface area contributed by atoms with Crippen LogP contribution in [-0.2, 0) is 16.6 Å². The molecule has 1 aliphatic heterocycles. The number of aromatic nitrogens is 2. The smallest absolute Gasteiger partial charge is 0.141 e. The summed E-state index contributed by atoms with van der Waals surface area (Å²) in [5.41, 5.74) is 0.700. The number of rotatable bonds is 4. The van der Waals surface area contributed by atoms with E-state index in [1.165, 1.54) is 0 Å². The Balaban J connectivity index is 2.23. The minimum absolute atomic E-state index is 0.0581. The van der Waals surface area contributed by atoms with Gasteiger partial charge in [-0.15, -0.1) is 0 Å². The molecule has 0 radical (unpaired) electrons. The van der Waals surface area contributed by atoms with Crippen LogP contribution in [0.4, 0.5) is 0 Å². The largest absolute Gasteiger partial charge is 0.395 e. The maximum atomic E-state index is 9.35. The summed E-state index contributed by atoms with van der Waals surface area (Å²) in [7, 11) is 0. The van der Waals surface area contributed by atoms with E-state index in [9.17, 15) is 5.11 Å². The zero-order chi connectivity index (χ0) is 10.7. The van der Waals surface area contributed by atoms with Crippen molar-refractivity contribution in [2.45, 2.75) is 25.2 Å². The maximum absolute atomic E-state index is 9.35. The van der Waals surface area contributed by atoms with Gasteiger partial charge in [0.05, 0.1) is 25.2 Å². The first kappa shape index (κ1) is 10.5. The molecule has 1 saturated heterocycles. The monoisotopic (exact) mass is 208 g/mol. The number of aliphatic hydroxyl groups is 1. The third-order valence-electron chi connectivity index (χ3n) is 2.75. The molecule has 0 atom stereocenters. The Morgan fingerprint density at radius 2 is 2.33 bits per heavy atom. The van der Waals surface area contributed by atoms with E-state index in [4.69, 9.17) is 4.74 Å². The second kappa shape index (κ2) is 4.24. The van der Waals surface area contributed by atoms with Crippen molar-refractivity contribution in [2.75, 3.05) is 19.8 Å². The number of ether oxygens (including phenoxy) is 1. The van der Waals surface area contributed by atoms with Crippen LogP contribution in [-0.4, -0.2) is 34.9 Å². The van der Waals surface area contributed by atoms with Crippen LogP contribution in [0.2, 0.25) is 0 Å². The molecule has 1 fully saturated rings. The van der Waals surface area contributed by atoms with Gasteiger partial charge in [-0.05, 0) is 12.5 Å². The van der Waals surface area contributed by atoms with Crippen molar-refractivity contribution in [3.63, 3.8) is 0 Å². The minimum Gasteiger partial charge on any atom is -0.395 e. The third kappa shape index (κ3) is 1.87. The van der Waals surface area contributed by atoms with Gasteiger partial charge >= 0.3 is 0 Å². The fraction of sp³-hybridized carbons (Fsp3) is 0.636. The van der Waals surface area contributed by atoms with Crippen molar-refractivity contribution in [3.8, 4) is 0 Å². The highest BCUT2D eigenvalue weighted by Gasteiger charge is 2.42. The summed E-state index contributed by atoms with van der Waals surface area (Å²) >= 11 is 0. The van der Waals surface area contributed by atoms with Gasteiger partial charge in [-0.3, -0.25) is 0 Å². The maximum Gasteiger partial charge on any atom is 0.141 e. The molecule has 2 rings (SSSR count). The van der Waals surface area contributed by atoms with Crippen molar-refractivity contribution in [2.24, 2.45) is 0 Å². The van der Waals surface area contributed by atoms with Crippen molar-refractivity contribution in [1.82, 2.24) is 9.97 Å². The van der Waals surface area contributed by atoms with E-state index in [0.29, 0.717) is 13.2 Å². The fourth-order valence-electron chi connectivity index (χ4n) is 1.69. The molecule has 1 aliphatic rings. The SMILES string of the molecule is CCCc1ccnc(C2(CO)COC2)n1. The molecule has 0 amide bonds. The van der Waals surface area contributed by atoms with Gasteiger partial charge in [0.25, 0.3) is 0 Å². The van der Waals surface area contributed by atoms with E-state index in [1.54, 1.807) is 6.20 Å². The summed E-state index contributed by atoms with van der Waals surface area (Å²) < 4.78 is 5.14. The van der Waals surface area contributed by atoms with Gasteiger partial charge < -0.3 is 9.84 Å². The normalized spacial score (nSPS) is 18.5. The summed E-state index contributed by atoms with van der Waals surface area (Å²) in [6.45, 7) is 3.23. The van der Waals surface area contributed by atoms with Crippen molar-refractivity contribution < 1.29 is 9.84 Å². The predicted octanol–water partition coefficient (Wildman–Crippen LogP) is 0.689. The Morgan fingerprint density at radius 1 is 1.53 bits per heavy atom. The van der Waals surface area contributed by atoms with Crippen LogP contribution in [0.15, 0.2) is 12.3 Å². The van der Waals surface area contributed by atoms with E-state index < -0.39 is 0 Å². The fourth-order valence-corrected chi connectivity index (χ4v) is 1.69. The lowest BCUT2D eigenvalue weighted by Crippen LogP contribution is -2.51. The number of hydrogen-bond acceptors (Lipinski definition) is 4. The summed E-state index contributed by atoms with van der Waals surface area (Å²) in [6, 6.07) is 1.93. The van der Waals surface area contributed by atoms with Gasteiger partial charge in [-0.2, -0.15) is 0 Å². The topological polar surface area (TPSA) is 55.2 Å². The van der Waals surface area contributed by atoms with Crippen LogP contribution >= 0.6 is 0 Å². The number of nitrogens with zero attached hydrogens (tertiary/aromatic N) is 2. The van der Waals surface area contributed by atoms with Gasteiger partial charge in [0.1, 0.15) is 5.82 Å². The number of aryl methyl sites for hydroxylation is 1. The van der Waals surface area contributed by atoms with Crippen molar-refractivity contribution in [1.29, 1.82) is 0 Å². The van der Waals surface area contributed by atoms with Gasteiger partial charge in [0.15, 0.2) is 0 Å². The summed E-state index contributed by atoms with van der Waals surface area (Å²) in [4.78, 5) is 8.71. The molecule has 0 aromatic carbocycles. The average Bonchev–Trinajstić information content (AvgIpc) is 2.18. The zero-order valence-corrected chi connectivity index (χ0v) is 8.94. The zero-order valence-electron chi connectivity index (χ0n) is 8.94. The molecule has 1 aromatic heterocycles. The first-order valence-corrected chi connectivity index (χ1v) is 5.32. The van der Waals surface area contributed by atoms with Gasteiger partial charge in [0, 0.05) is 11.9 Å². The van der Waals surface area contributed by atoms with E-state index >= 15 is 0 Å². The second-order valence-corrected chi connectivity index (χ2v) is 4.05. The minimum atomic E-state index is -0.344. The molecule has 82 valence electrons. The predicted molar refractivity (Wildman–Crippen MR) is 55.6 cm³/mol. The summed E-state index contributed by atoms with van der Waals surface area (Å²) in [6.07, 6.45) is 3.79. The lowest BCUT2D eigenvalue weighted by atomic mass is 9.86. The first-order valence-electron chi connectivity index (χ1n) is 5.32. The molecular weight excluding hydrogens is 192 g/mol. The molecule has 0 aliphatic carbocycles. The van der Waals surface area contributed by atoms with Gasteiger partial charge in [-0.25, -0.2) is 9.97 Å². The molecule has 15 heavy (non-hydrogen) atoms. The molecule has 0 unspecified atom stereocenters. The standard InChI is InChI=1S/C11H16N2O2/c1-2-3-9-4-5-12-10(13-9)11(6-14)7-15-8-11/h4-5,14H,2-3,6-8H2,1H3. The lowest BCUT2D eigenvalue weighted by Gasteiger charge is -2.38. The second-order valence-electron chi connectivity index (χ2n) is 4.05. The van der Waals surface area contributed by atoms with E-state index in [0.717, 1.165) is 24.4 Å². The van der Waals surface area contributed by atoms with Gasteiger partial charge in [0.2, 0.25) is 0 Å². The Kier molecular flexibility index (Phi) is 2.98. The molecule has 2 heterocycles. The van der Waals surface area contributed by atoms with E-state index in [1.807, 2.05) is 6.07 Å². The lowest BCUT2D eigenvalue weighted by molar-refractivity contribution is -0.0885. The molecular formula is C11H16N2O2. The van der Waals surface area contributed by atoms with Gasteiger partial charge in [-0.1, -0.05) is 13.3 Å².